The first-order valence-corrected chi connectivity index (χ1v) is 12.2. The van der Waals surface area contributed by atoms with Gasteiger partial charge in [0.15, 0.2) is 11.5 Å². The second-order valence-electron chi connectivity index (χ2n) is 8.00. The summed E-state index contributed by atoms with van der Waals surface area (Å²) in [6.07, 6.45) is 0. The molecule has 0 spiro atoms. The number of ether oxygens (including phenoxy) is 2. The molecule has 180 valence electrons. The topological polar surface area (TPSA) is 80.2 Å². The van der Waals surface area contributed by atoms with Gasteiger partial charge < -0.3 is 14.4 Å². The third-order valence-electron chi connectivity index (χ3n) is 5.75. The number of carbonyl (C=O) groups excluding carboxylic acids is 2. The van der Waals surface area contributed by atoms with E-state index in [4.69, 9.17) is 9.47 Å². The summed E-state index contributed by atoms with van der Waals surface area (Å²) in [6, 6.07) is 22.7. The molecule has 7 nitrogen and oxygen atoms in total. The van der Waals surface area contributed by atoms with E-state index in [9.17, 15) is 9.59 Å². The number of methoxy groups -OCH3 is 2. The molecule has 1 heterocycles. The van der Waals surface area contributed by atoms with Crippen LogP contribution in [-0.2, 0) is 11.3 Å². The fourth-order valence-corrected chi connectivity index (χ4v) is 4.99. The summed E-state index contributed by atoms with van der Waals surface area (Å²) in [6.45, 7) is 2.37. The van der Waals surface area contributed by atoms with Crippen molar-refractivity contribution >= 4 is 29.3 Å². The van der Waals surface area contributed by atoms with Gasteiger partial charge in [0.25, 0.3) is 5.91 Å². The van der Waals surface area contributed by atoms with Crippen molar-refractivity contribution in [1.29, 1.82) is 0 Å². The van der Waals surface area contributed by atoms with Crippen molar-refractivity contribution in [2.45, 2.75) is 18.8 Å². The highest BCUT2D eigenvalue weighted by atomic mass is 32.2. The van der Waals surface area contributed by atoms with E-state index in [2.05, 4.69) is 10.5 Å². The number of hydrazone groups is 1. The maximum atomic E-state index is 12.7. The van der Waals surface area contributed by atoms with E-state index in [1.54, 1.807) is 57.2 Å². The monoisotopic (exact) mass is 489 g/mol. The van der Waals surface area contributed by atoms with E-state index >= 15 is 0 Å². The van der Waals surface area contributed by atoms with Crippen molar-refractivity contribution < 1.29 is 19.1 Å². The average molecular weight is 490 g/mol. The van der Waals surface area contributed by atoms with Crippen LogP contribution in [0.15, 0.2) is 77.9 Å². The van der Waals surface area contributed by atoms with Gasteiger partial charge in [0.05, 0.1) is 25.7 Å². The average Bonchev–Trinajstić information content (AvgIpc) is 3.26. The summed E-state index contributed by atoms with van der Waals surface area (Å²) in [4.78, 5) is 27.0. The Morgan fingerprint density at radius 1 is 1.00 bits per heavy atom. The highest BCUT2D eigenvalue weighted by molar-refractivity contribution is 8.00. The van der Waals surface area contributed by atoms with Crippen LogP contribution in [0.3, 0.4) is 0 Å². The minimum atomic E-state index is -0.312. The molecule has 2 amide bonds. The molecule has 1 aliphatic rings. The molecule has 0 unspecified atom stereocenters. The predicted molar refractivity (Wildman–Crippen MR) is 138 cm³/mol. The Morgan fingerprint density at radius 2 is 1.69 bits per heavy atom. The second-order valence-corrected chi connectivity index (χ2v) is 9.07. The van der Waals surface area contributed by atoms with E-state index in [0.717, 1.165) is 16.7 Å². The number of rotatable bonds is 8. The highest BCUT2D eigenvalue weighted by Gasteiger charge is 2.32. The van der Waals surface area contributed by atoms with E-state index in [-0.39, 0.29) is 17.2 Å². The SMILES string of the molecule is COc1ccc(/C(C)=N\NC(=O)c2ccc([C@H]3SCC(=O)N3Cc3ccccc3)cc2)cc1OC. The van der Waals surface area contributed by atoms with Crippen LogP contribution in [0.25, 0.3) is 0 Å². The molecule has 1 atom stereocenters. The lowest BCUT2D eigenvalue weighted by Crippen LogP contribution is -2.27. The Bertz CT molecular complexity index is 1230. The van der Waals surface area contributed by atoms with Crippen LogP contribution in [0, 0.1) is 0 Å². The van der Waals surface area contributed by atoms with Gasteiger partial charge in [-0.15, -0.1) is 11.8 Å². The van der Waals surface area contributed by atoms with Crippen LogP contribution in [-0.4, -0.2) is 42.4 Å². The third-order valence-corrected chi connectivity index (χ3v) is 7.00. The van der Waals surface area contributed by atoms with E-state index in [1.165, 1.54) is 0 Å². The largest absolute Gasteiger partial charge is 0.493 e. The number of nitrogens with one attached hydrogen (secondary N) is 1. The predicted octanol–water partition coefficient (Wildman–Crippen LogP) is 4.63. The molecule has 0 bridgehead atoms. The zero-order chi connectivity index (χ0) is 24.8. The molecular formula is C27H27N3O4S. The Hall–Kier alpha value is -3.78. The molecule has 1 saturated heterocycles. The fraction of sp³-hybridized carbons (Fsp3) is 0.222. The van der Waals surface area contributed by atoms with Gasteiger partial charge in [0.1, 0.15) is 5.37 Å². The van der Waals surface area contributed by atoms with Crippen LogP contribution < -0.4 is 14.9 Å². The minimum Gasteiger partial charge on any atom is -0.493 e. The summed E-state index contributed by atoms with van der Waals surface area (Å²) < 4.78 is 10.6. The number of thioether (sulfide) groups is 1. The first kappa shape index (κ1) is 24.3. The van der Waals surface area contributed by atoms with Gasteiger partial charge in [-0.1, -0.05) is 42.5 Å². The highest BCUT2D eigenvalue weighted by Crippen LogP contribution is 2.39. The van der Waals surface area contributed by atoms with Crippen molar-refractivity contribution in [1.82, 2.24) is 10.3 Å². The summed E-state index contributed by atoms with van der Waals surface area (Å²) in [7, 11) is 3.15. The minimum absolute atomic E-state index is 0.0786. The molecule has 3 aromatic rings. The zero-order valence-electron chi connectivity index (χ0n) is 19.9. The molecular weight excluding hydrogens is 462 g/mol. The van der Waals surface area contributed by atoms with Crippen molar-refractivity contribution in [3.05, 3.63) is 95.1 Å². The van der Waals surface area contributed by atoms with Crippen molar-refractivity contribution in [3.8, 4) is 11.5 Å². The van der Waals surface area contributed by atoms with Gasteiger partial charge in [0, 0.05) is 17.7 Å². The quantitative estimate of drug-likeness (QED) is 0.369. The van der Waals surface area contributed by atoms with E-state index < -0.39 is 0 Å². The van der Waals surface area contributed by atoms with Crippen molar-refractivity contribution in [3.63, 3.8) is 0 Å². The Balaban J connectivity index is 1.43. The number of amides is 2. The number of hydrogen-bond acceptors (Lipinski definition) is 6. The molecule has 0 aliphatic carbocycles. The van der Waals surface area contributed by atoms with Crippen LogP contribution in [0.1, 0.15) is 39.3 Å². The van der Waals surface area contributed by atoms with Crippen LogP contribution in [0.5, 0.6) is 11.5 Å². The van der Waals surface area contributed by atoms with Crippen molar-refractivity contribution in [2.24, 2.45) is 5.10 Å². The first-order chi connectivity index (χ1) is 17.0. The van der Waals surface area contributed by atoms with E-state index in [0.29, 0.717) is 35.1 Å². The third kappa shape index (κ3) is 5.66. The number of nitrogens with zero attached hydrogens (tertiary/aromatic N) is 2. The molecule has 1 aliphatic heterocycles. The molecule has 0 saturated carbocycles. The van der Waals surface area contributed by atoms with Gasteiger partial charge in [-0.05, 0) is 48.4 Å². The summed E-state index contributed by atoms with van der Waals surface area (Å²) in [5.41, 5.74) is 6.61. The van der Waals surface area contributed by atoms with Gasteiger partial charge in [-0.2, -0.15) is 5.10 Å². The van der Waals surface area contributed by atoms with Gasteiger partial charge in [-0.25, -0.2) is 5.43 Å². The number of hydrogen-bond donors (Lipinski definition) is 1. The summed E-state index contributed by atoms with van der Waals surface area (Å²) in [5, 5.41) is 4.16. The molecule has 3 aromatic carbocycles. The zero-order valence-corrected chi connectivity index (χ0v) is 20.7. The van der Waals surface area contributed by atoms with Crippen molar-refractivity contribution in [2.75, 3.05) is 20.0 Å². The van der Waals surface area contributed by atoms with E-state index in [1.807, 2.05) is 53.4 Å². The van der Waals surface area contributed by atoms with Gasteiger partial charge >= 0.3 is 0 Å². The maximum absolute atomic E-state index is 12.7. The smallest absolute Gasteiger partial charge is 0.271 e. The fourth-order valence-electron chi connectivity index (χ4n) is 3.81. The van der Waals surface area contributed by atoms with Gasteiger partial charge in [0.2, 0.25) is 5.91 Å². The molecule has 35 heavy (non-hydrogen) atoms. The first-order valence-electron chi connectivity index (χ1n) is 11.1. The van der Waals surface area contributed by atoms with Crippen LogP contribution in [0.2, 0.25) is 0 Å². The molecule has 8 heteroatoms. The number of carbonyl (C=O) groups is 2. The Labute approximate surface area is 209 Å². The van der Waals surface area contributed by atoms with Crippen LogP contribution in [0.4, 0.5) is 0 Å². The second kappa shape index (κ2) is 11.1. The number of benzene rings is 3. The lowest BCUT2D eigenvalue weighted by atomic mass is 10.1. The lowest BCUT2D eigenvalue weighted by Gasteiger charge is -2.24. The van der Waals surface area contributed by atoms with Crippen LogP contribution >= 0.6 is 11.8 Å². The molecule has 4 rings (SSSR count). The maximum Gasteiger partial charge on any atom is 0.271 e. The molecule has 1 N–H and O–H groups in total. The lowest BCUT2D eigenvalue weighted by molar-refractivity contribution is -0.128. The van der Waals surface area contributed by atoms with Gasteiger partial charge in [-0.3, -0.25) is 9.59 Å². The molecule has 0 radical (unpaired) electrons. The summed E-state index contributed by atoms with van der Waals surface area (Å²) in [5.74, 6) is 1.46. The normalized spacial score (nSPS) is 15.7. The Kier molecular flexibility index (Phi) is 7.72. The Morgan fingerprint density at radius 3 is 2.37 bits per heavy atom. The summed E-state index contributed by atoms with van der Waals surface area (Å²) >= 11 is 1.60. The standard InChI is InChI=1S/C27H27N3O4S/c1-18(22-13-14-23(33-2)24(15-22)34-3)28-29-26(32)20-9-11-21(12-10-20)27-30(25(31)17-35-27)16-19-7-5-4-6-8-19/h4-15,27H,16-17H2,1-3H3,(H,29,32)/b28-18-/t27-/m1/s1. The molecule has 1 fully saturated rings. The molecule has 0 aromatic heterocycles.